The maximum atomic E-state index is 13.8. The van der Waals surface area contributed by atoms with E-state index in [1.165, 1.54) is 18.3 Å². The zero-order valence-corrected chi connectivity index (χ0v) is 26.7. The molecule has 1 fully saturated rings. The molecular formula is C34H33Cl2FN8. The molecule has 1 aliphatic rings. The molecule has 45 heavy (non-hydrogen) atoms. The van der Waals surface area contributed by atoms with Gasteiger partial charge >= 0.3 is 0 Å². The number of likely N-dealkylation sites (tertiary alicyclic amines) is 1. The highest BCUT2D eigenvalue weighted by atomic mass is 35.5. The Bertz CT molecular complexity index is 1870. The maximum absolute atomic E-state index is 13.8. The van der Waals surface area contributed by atoms with Crippen molar-refractivity contribution in [3.63, 3.8) is 0 Å². The number of benzene rings is 3. The number of aromatic nitrogens is 4. The number of hydrogen-bond acceptors (Lipinski definition) is 7. The van der Waals surface area contributed by atoms with Crippen molar-refractivity contribution < 1.29 is 4.39 Å². The number of rotatable bonds is 7. The number of fused-ring (bicyclic) bond motifs is 1. The quantitative estimate of drug-likeness (QED) is 0.184. The minimum absolute atomic E-state index is 0.0317. The van der Waals surface area contributed by atoms with Crippen LogP contribution in [0.1, 0.15) is 62.5 Å². The first-order chi connectivity index (χ1) is 21.6. The van der Waals surface area contributed by atoms with Crippen LogP contribution in [0.2, 0.25) is 10.0 Å². The van der Waals surface area contributed by atoms with Crippen LogP contribution in [0.3, 0.4) is 0 Å². The first kappa shape index (κ1) is 30.8. The molecule has 1 saturated heterocycles. The number of halogens is 3. The second kappa shape index (κ2) is 12.6. The fourth-order valence-electron chi connectivity index (χ4n) is 5.82. The average Bonchev–Trinajstić information content (AvgIpc) is 3.52. The van der Waals surface area contributed by atoms with Gasteiger partial charge in [-0.3, -0.25) is 9.88 Å². The molecular weight excluding hydrogens is 610 g/mol. The minimum atomic E-state index is -0.531. The van der Waals surface area contributed by atoms with Crippen molar-refractivity contribution in [2.24, 2.45) is 0 Å². The summed E-state index contributed by atoms with van der Waals surface area (Å²) in [6.07, 6.45) is 5.51. The average molecular weight is 644 g/mol. The number of hydrogen-bond donors (Lipinski definition) is 2. The molecule has 0 radical (unpaired) electrons. The van der Waals surface area contributed by atoms with E-state index in [1.54, 1.807) is 6.07 Å². The van der Waals surface area contributed by atoms with Crippen LogP contribution in [-0.2, 0) is 0 Å². The van der Waals surface area contributed by atoms with Crippen molar-refractivity contribution in [3.8, 4) is 6.07 Å². The Morgan fingerprint density at radius 3 is 2.42 bits per heavy atom. The number of anilines is 3. The van der Waals surface area contributed by atoms with Crippen LogP contribution >= 0.6 is 23.2 Å². The molecule has 230 valence electrons. The molecule has 6 rings (SSSR count). The zero-order chi connectivity index (χ0) is 31.7. The highest BCUT2D eigenvalue weighted by Crippen LogP contribution is 2.37. The Morgan fingerprint density at radius 1 is 1.00 bits per heavy atom. The Labute approximate surface area is 271 Å². The second-order valence-electron chi connectivity index (χ2n) is 12.3. The number of pyridine rings is 1. The summed E-state index contributed by atoms with van der Waals surface area (Å²) in [5.74, 6) is -0.531. The fourth-order valence-corrected chi connectivity index (χ4v) is 6.27. The van der Waals surface area contributed by atoms with Crippen LogP contribution in [-0.4, -0.2) is 43.5 Å². The van der Waals surface area contributed by atoms with Gasteiger partial charge in [-0.15, -0.1) is 5.10 Å². The van der Waals surface area contributed by atoms with Crippen molar-refractivity contribution in [3.05, 3.63) is 106 Å². The van der Waals surface area contributed by atoms with E-state index in [2.05, 4.69) is 57.7 Å². The van der Waals surface area contributed by atoms with E-state index in [9.17, 15) is 9.65 Å². The fraction of sp³-hybridized carbons (Fsp3) is 0.294. The first-order valence-corrected chi connectivity index (χ1v) is 15.6. The van der Waals surface area contributed by atoms with E-state index in [1.807, 2.05) is 53.3 Å². The molecule has 0 bridgehead atoms. The smallest absolute Gasteiger partial charge is 0.141 e. The van der Waals surface area contributed by atoms with Crippen LogP contribution in [0.25, 0.3) is 10.9 Å². The van der Waals surface area contributed by atoms with Crippen molar-refractivity contribution in [1.82, 2.24) is 24.9 Å². The Kier molecular flexibility index (Phi) is 8.65. The predicted molar refractivity (Wildman–Crippen MR) is 178 cm³/mol. The lowest BCUT2D eigenvalue weighted by atomic mass is 9.98. The van der Waals surface area contributed by atoms with Gasteiger partial charge in [-0.25, -0.2) is 9.07 Å². The molecule has 2 N–H and O–H groups in total. The largest absolute Gasteiger partial charge is 0.373 e. The predicted octanol–water partition coefficient (Wildman–Crippen LogP) is 8.52. The molecule has 0 spiro atoms. The molecule has 3 heterocycles. The van der Waals surface area contributed by atoms with Gasteiger partial charge in [0.15, 0.2) is 0 Å². The van der Waals surface area contributed by atoms with Gasteiger partial charge in [-0.05, 0) is 69.5 Å². The standard InChI is InChI=1S/C34H33Cl2FN8/c1-34(2,3)44-13-11-25(12-14-44)45-20-30(42-43-45)32(21-7-5-4-6-8-21)41-24-15-26-31(40-23-9-10-29(37)27(35)16-23)22(18-38)19-39-33(26)28(36)17-24/h4-10,15-17,19-20,25,32,41H,11-14H2,1-3H3,(H,39,40). The normalized spacial score (nSPS) is 15.1. The van der Waals surface area contributed by atoms with Gasteiger partial charge in [0.2, 0.25) is 0 Å². The number of nitriles is 1. The number of nitrogens with one attached hydrogen (secondary N) is 2. The number of nitrogens with zero attached hydrogens (tertiary/aromatic N) is 6. The van der Waals surface area contributed by atoms with Gasteiger partial charge in [0, 0.05) is 41.6 Å². The van der Waals surface area contributed by atoms with E-state index in [0.29, 0.717) is 38.6 Å². The second-order valence-corrected chi connectivity index (χ2v) is 13.1. The minimum Gasteiger partial charge on any atom is -0.373 e. The van der Waals surface area contributed by atoms with Gasteiger partial charge in [0.25, 0.3) is 0 Å². The van der Waals surface area contributed by atoms with E-state index in [-0.39, 0.29) is 22.6 Å². The molecule has 8 nitrogen and oxygen atoms in total. The van der Waals surface area contributed by atoms with E-state index < -0.39 is 5.82 Å². The summed E-state index contributed by atoms with van der Waals surface area (Å²) >= 11 is 12.8. The summed E-state index contributed by atoms with van der Waals surface area (Å²) in [6, 6.07) is 20.2. The summed E-state index contributed by atoms with van der Waals surface area (Å²) in [5.41, 5.74) is 4.45. The lowest BCUT2D eigenvalue weighted by molar-refractivity contribution is 0.0866. The first-order valence-electron chi connectivity index (χ1n) is 14.8. The highest BCUT2D eigenvalue weighted by Gasteiger charge is 2.29. The van der Waals surface area contributed by atoms with Crippen LogP contribution in [0.5, 0.6) is 0 Å². The zero-order valence-electron chi connectivity index (χ0n) is 25.2. The van der Waals surface area contributed by atoms with Crippen molar-refractivity contribution in [1.29, 1.82) is 5.26 Å². The van der Waals surface area contributed by atoms with Crippen LogP contribution in [0, 0.1) is 17.1 Å². The van der Waals surface area contributed by atoms with Gasteiger partial charge in [-0.1, -0.05) is 58.7 Å². The molecule has 11 heteroatoms. The van der Waals surface area contributed by atoms with Crippen molar-refractivity contribution >= 4 is 51.2 Å². The molecule has 1 unspecified atom stereocenters. The Morgan fingerprint density at radius 2 is 1.73 bits per heavy atom. The summed E-state index contributed by atoms with van der Waals surface area (Å²) in [4.78, 5) is 6.97. The summed E-state index contributed by atoms with van der Waals surface area (Å²) in [7, 11) is 0. The third kappa shape index (κ3) is 6.59. The lowest BCUT2D eigenvalue weighted by Gasteiger charge is -2.40. The lowest BCUT2D eigenvalue weighted by Crippen LogP contribution is -2.46. The van der Waals surface area contributed by atoms with Crippen molar-refractivity contribution in [2.45, 2.75) is 51.2 Å². The van der Waals surface area contributed by atoms with Gasteiger partial charge in [-0.2, -0.15) is 5.26 Å². The molecule has 1 atom stereocenters. The topological polar surface area (TPSA) is 94.7 Å². The Hall–Kier alpha value is -4.23. The summed E-state index contributed by atoms with van der Waals surface area (Å²) in [5, 5.41) is 26.9. The molecule has 2 aromatic heterocycles. The Balaban J connectivity index is 1.35. The third-order valence-corrected chi connectivity index (χ3v) is 8.87. The molecule has 0 saturated carbocycles. The van der Waals surface area contributed by atoms with Crippen LogP contribution < -0.4 is 10.6 Å². The van der Waals surface area contributed by atoms with E-state index >= 15 is 0 Å². The summed E-state index contributed by atoms with van der Waals surface area (Å²) in [6.45, 7) is 8.79. The van der Waals surface area contributed by atoms with E-state index in [4.69, 9.17) is 23.2 Å². The number of piperidine rings is 1. The molecule has 0 amide bonds. The van der Waals surface area contributed by atoms with E-state index in [0.717, 1.165) is 37.2 Å². The highest BCUT2D eigenvalue weighted by molar-refractivity contribution is 6.36. The van der Waals surface area contributed by atoms with Crippen LogP contribution in [0.4, 0.5) is 21.5 Å². The SMILES string of the molecule is CC(C)(C)N1CCC(n2cc(C(Nc3cc(Cl)c4ncc(C#N)c(Nc5ccc(F)c(Cl)c5)c4c3)c3ccccc3)nn2)CC1. The molecule has 3 aromatic carbocycles. The van der Waals surface area contributed by atoms with Gasteiger partial charge < -0.3 is 10.6 Å². The van der Waals surface area contributed by atoms with Gasteiger partial charge in [0.05, 0.1) is 45.1 Å². The van der Waals surface area contributed by atoms with Gasteiger partial charge in [0.1, 0.15) is 17.6 Å². The third-order valence-electron chi connectivity index (χ3n) is 8.29. The molecule has 5 aromatic rings. The maximum Gasteiger partial charge on any atom is 0.141 e. The van der Waals surface area contributed by atoms with Crippen LogP contribution in [0.15, 0.2) is 73.1 Å². The summed E-state index contributed by atoms with van der Waals surface area (Å²) < 4.78 is 15.8. The molecule has 1 aliphatic heterocycles. The molecule has 0 aliphatic carbocycles. The monoisotopic (exact) mass is 642 g/mol. The van der Waals surface area contributed by atoms with Crippen molar-refractivity contribution in [2.75, 3.05) is 23.7 Å².